The Kier molecular flexibility index (Phi) is 2.95. The number of halogens is 2. The molecule has 18 heavy (non-hydrogen) atoms. The molecular weight excluding hydrogens is 255 g/mol. The minimum absolute atomic E-state index is 0.0927. The van der Waals surface area contributed by atoms with Gasteiger partial charge in [0.05, 0.1) is 10.5 Å². The second-order valence-electron chi connectivity index (χ2n) is 4.94. The van der Waals surface area contributed by atoms with E-state index < -0.39 is 5.82 Å². The minimum Gasteiger partial charge on any atom is -0.306 e. The van der Waals surface area contributed by atoms with Crippen molar-refractivity contribution in [2.75, 3.05) is 20.1 Å². The first kappa shape index (κ1) is 11.9. The molecule has 1 aromatic carbocycles. The fourth-order valence-electron chi connectivity index (χ4n) is 2.52. The number of nitrogens with zero attached hydrogens (tertiary/aromatic N) is 4. The first-order chi connectivity index (χ1) is 8.63. The highest BCUT2D eigenvalue weighted by Crippen LogP contribution is 2.23. The van der Waals surface area contributed by atoms with E-state index in [-0.39, 0.29) is 5.02 Å². The zero-order valence-electron chi connectivity index (χ0n) is 10.1. The average Bonchev–Trinajstić information content (AvgIpc) is 2.89. The molecule has 2 heterocycles. The topological polar surface area (TPSA) is 34.0 Å². The Hall–Kier alpha value is -1.20. The number of likely N-dealkylation sites (tertiary alicyclic amines) is 1. The van der Waals surface area contributed by atoms with E-state index in [1.165, 1.54) is 12.1 Å². The monoisotopic (exact) mass is 268 g/mol. The van der Waals surface area contributed by atoms with Gasteiger partial charge in [0.2, 0.25) is 0 Å². The maximum Gasteiger partial charge on any atom is 0.144 e. The molecule has 0 aliphatic carbocycles. The summed E-state index contributed by atoms with van der Waals surface area (Å²) in [7, 11) is 2.11. The Labute approximate surface area is 109 Å². The van der Waals surface area contributed by atoms with E-state index in [4.69, 9.17) is 11.6 Å². The zero-order valence-corrected chi connectivity index (χ0v) is 10.9. The van der Waals surface area contributed by atoms with Crippen molar-refractivity contribution in [3.05, 3.63) is 23.0 Å². The van der Waals surface area contributed by atoms with Gasteiger partial charge < -0.3 is 4.90 Å². The fraction of sp³-hybridized carbons (Fsp3) is 0.500. The highest BCUT2D eigenvalue weighted by atomic mass is 35.5. The van der Waals surface area contributed by atoms with Crippen LogP contribution < -0.4 is 0 Å². The van der Waals surface area contributed by atoms with E-state index >= 15 is 0 Å². The molecule has 1 unspecified atom stereocenters. The third-order valence-corrected chi connectivity index (χ3v) is 3.77. The molecule has 1 atom stereocenters. The van der Waals surface area contributed by atoms with Crippen LogP contribution in [0.25, 0.3) is 11.0 Å². The third-order valence-electron chi connectivity index (χ3n) is 3.48. The Morgan fingerprint density at radius 1 is 1.50 bits per heavy atom. The molecule has 1 aliphatic heterocycles. The second kappa shape index (κ2) is 4.48. The highest BCUT2D eigenvalue weighted by molar-refractivity contribution is 6.31. The van der Waals surface area contributed by atoms with Crippen LogP contribution in [-0.2, 0) is 6.54 Å². The first-order valence-corrected chi connectivity index (χ1v) is 6.38. The van der Waals surface area contributed by atoms with E-state index in [2.05, 4.69) is 22.3 Å². The summed E-state index contributed by atoms with van der Waals surface area (Å²) in [5.74, 6) is 0.134. The van der Waals surface area contributed by atoms with Gasteiger partial charge in [0.15, 0.2) is 0 Å². The predicted molar refractivity (Wildman–Crippen MR) is 68.1 cm³/mol. The number of rotatable bonds is 2. The molecule has 6 heteroatoms. The van der Waals surface area contributed by atoms with Gasteiger partial charge in [0.25, 0.3) is 0 Å². The van der Waals surface area contributed by atoms with E-state index in [0.717, 1.165) is 26.1 Å². The van der Waals surface area contributed by atoms with Crippen molar-refractivity contribution in [3.63, 3.8) is 0 Å². The van der Waals surface area contributed by atoms with Crippen molar-refractivity contribution in [2.24, 2.45) is 5.92 Å². The number of fused-ring (bicyclic) bond motifs is 1. The quantitative estimate of drug-likeness (QED) is 0.837. The Bertz CT molecular complexity index is 583. The van der Waals surface area contributed by atoms with Gasteiger partial charge in [0.1, 0.15) is 11.3 Å². The summed E-state index contributed by atoms with van der Waals surface area (Å²) < 4.78 is 15.2. The standard InChI is InChI=1S/C12H14ClFN4/c1-17-3-2-8(6-17)7-18-12-5-10(14)9(13)4-11(12)15-16-18/h4-5,8H,2-3,6-7H2,1H3. The molecule has 2 aromatic rings. The van der Waals surface area contributed by atoms with Crippen LogP contribution >= 0.6 is 11.6 Å². The second-order valence-corrected chi connectivity index (χ2v) is 5.35. The lowest BCUT2D eigenvalue weighted by Crippen LogP contribution is -2.17. The lowest BCUT2D eigenvalue weighted by molar-refractivity contribution is 0.370. The maximum absolute atomic E-state index is 13.5. The van der Waals surface area contributed by atoms with Gasteiger partial charge in [-0.2, -0.15) is 0 Å². The molecule has 0 saturated carbocycles. The summed E-state index contributed by atoms with van der Waals surface area (Å²) in [5.41, 5.74) is 1.36. The fourth-order valence-corrected chi connectivity index (χ4v) is 2.68. The molecule has 96 valence electrons. The minimum atomic E-state index is -0.420. The van der Waals surface area contributed by atoms with Crippen molar-refractivity contribution in [1.82, 2.24) is 19.9 Å². The molecule has 1 fully saturated rings. The Balaban J connectivity index is 1.90. The van der Waals surface area contributed by atoms with Gasteiger partial charge in [-0.15, -0.1) is 5.10 Å². The van der Waals surface area contributed by atoms with Gasteiger partial charge in [-0.1, -0.05) is 16.8 Å². The van der Waals surface area contributed by atoms with E-state index in [1.54, 1.807) is 4.68 Å². The number of hydrogen-bond acceptors (Lipinski definition) is 3. The Morgan fingerprint density at radius 2 is 2.33 bits per heavy atom. The SMILES string of the molecule is CN1CCC(Cn2nnc3cc(Cl)c(F)cc32)C1. The lowest BCUT2D eigenvalue weighted by atomic mass is 10.1. The summed E-state index contributed by atoms with van der Waals surface area (Å²) in [6, 6.07) is 2.94. The van der Waals surface area contributed by atoms with Crippen LogP contribution in [0.5, 0.6) is 0 Å². The van der Waals surface area contributed by atoms with Crippen molar-refractivity contribution in [1.29, 1.82) is 0 Å². The summed E-state index contributed by atoms with van der Waals surface area (Å²) >= 11 is 5.73. The number of aromatic nitrogens is 3. The molecule has 0 spiro atoms. The molecular formula is C12H14ClFN4. The summed E-state index contributed by atoms with van der Waals surface area (Å²) in [5, 5.41) is 8.21. The normalized spacial score (nSPS) is 20.9. The summed E-state index contributed by atoms with van der Waals surface area (Å²) in [4.78, 5) is 2.29. The van der Waals surface area contributed by atoms with E-state index in [1.807, 2.05) is 0 Å². The van der Waals surface area contributed by atoms with Crippen LogP contribution in [0.4, 0.5) is 4.39 Å². The van der Waals surface area contributed by atoms with Crippen LogP contribution in [0.1, 0.15) is 6.42 Å². The van der Waals surface area contributed by atoms with Crippen molar-refractivity contribution in [2.45, 2.75) is 13.0 Å². The molecule has 4 nitrogen and oxygen atoms in total. The average molecular weight is 269 g/mol. The van der Waals surface area contributed by atoms with Gasteiger partial charge in [-0.05, 0) is 32.0 Å². The Morgan fingerprint density at radius 3 is 3.06 bits per heavy atom. The van der Waals surface area contributed by atoms with Gasteiger partial charge in [0, 0.05) is 19.2 Å². The van der Waals surface area contributed by atoms with Crippen LogP contribution in [0.3, 0.4) is 0 Å². The number of hydrogen-bond donors (Lipinski definition) is 0. The number of benzene rings is 1. The zero-order chi connectivity index (χ0) is 12.7. The van der Waals surface area contributed by atoms with Crippen molar-refractivity contribution in [3.8, 4) is 0 Å². The molecule has 0 radical (unpaired) electrons. The van der Waals surface area contributed by atoms with Crippen LogP contribution in [-0.4, -0.2) is 40.0 Å². The van der Waals surface area contributed by atoms with Crippen molar-refractivity contribution < 1.29 is 4.39 Å². The van der Waals surface area contributed by atoms with Crippen molar-refractivity contribution >= 4 is 22.6 Å². The first-order valence-electron chi connectivity index (χ1n) is 6.00. The van der Waals surface area contributed by atoms with Crippen LogP contribution in [0, 0.1) is 11.7 Å². The van der Waals surface area contributed by atoms with Crippen LogP contribution in [0.15, 0.2) is 12.1 Å². The molecule has 0 N–H and O–H groups in total. The van der Waals surface area contributed by atoms with Crippen LogP contribution in [0.2, 0.25) is 5.02 Å². The van der Waals surface area contributed by atoms with Gasteiger partial charge in [-0.25, -0.2) is 9.07 Å². The van der Waals surface area contributed by atoms with E-state index in [0.29, 0.717) is 17.0 Å². The molecule has 1 aliphatic rings. The lowest BCUT2D eigenvalue weighted by Gasteiger charge is -2.10. The highest BCUT2D eigenvalue weighted by Gasteiger charge is 2.21. The predicted octanol–water partition coefficient (Wildman–Crippen LogP) is 2.18. The maximum atomic E-state index is 13.5. The van der Waals surface area contributed by atoms with Gasteiger partial charge in [-0.3, -0.25) is 0 Å². The molecule has 0 bridgehead atoms. The smallest absolute Gasteiger partial charge is 0.144 e. The molecule has 3 rings (SSSR count). The van der Waals surface area contributed by atoms with E-state index in [9.17, 15) is 4.39 Å². The molecule has 1 saturated heterocycles. The third kappa shape index (κ3) is 2.08. The van der Waals surface area contributed by atoms with Gasteiger partial charge >= 0.3 is 0 Å². The largest absolute Gasteiger partial charge is 0.306 e. The molecule has 0 amide bonds. The summed E-state index contributed by atoms with van der Waals surface area (Å²) in [6.45, 7) is 2.94. The molecule has 1 aromatic heterocycles. The summed E-state index contributed by atoms with van der Waals surface area (Å²) in [6.07, 6.45) is 1.15.